The van der Waals surface area contributed by atoms with Gasteiger partial charge in [0, 0.05) is 20.8 Å². The number of benzene rings is 2. The quantitative estimate of drug-likeness (QED) is 0.394. The van der Waals surface area contributed by atoms with Crippen LogP contribution in [0.1, 0.15) is 22.8 Å². The standard InChI is InChI=1S/C18H18OS2/c1-3-20-18(21-16-11-9-14(2)10-12-16)13-17(19)15-7-5-4-6-8-15/h4-13H,3H2,1-2H3/b18-13-. The molecule has 0 saturated carbocycles. The average molecular weight is 314 g/mol. The van der Waals surface area contributed by atoms with Crippen molar-refractivity contribution in [2.75, 3.05) is 5.75 Å². The maximum absolute atomic E-state index is 12.3. The summed E-state index contributed by atoms with van der Waals surface area (Å²) in [6.45, 7) is 4.17. The SMILES string of the molecule is CCS/C(=C/C(=O)c1ccccc1)Sc1ccc(C)cc1. The summed E-state index contributed by atoms with van der Waals surface area (Å²) >= 11 is 3.35. The van der Waals surface area contributed by atoms with Gasteiger partial charge in [-0.25, -0.2) is 0 Å². The predicted molar refractivity (Wildman–Crippen MR) is 94.0 cm³/mol. The zero-order valence-corrected chi connectivity index (χ0v) is 13.8. The molecule has 0 fully saturated rings. The van der Waals surface area contributed by atoms with Crippen LogP contribution in [0.4, 0.5) is 0 Å². The summed E-state index contributed by atoms with van der Waals surface area (Å²) in [5.41, 5.74) is 1.98. The molecule has 0 unspecified atom stereocenters. The fraction of sp³-hybridized carbons (Fsp3) is 0.167. The highest BCUT2D eigenvalue weighted by Gasteiger charge is 2.07. The van der Waals surface area contributed by atoms with Crippen LogP contribution in [0.3, 0.4) is 0 Å². The van der Waals surface area contributed by atoms with Gasteiger partial charge in [-0.1, -0.05) is 66.7 Å². The van der Waals surface area contributed by atoms with E-state index >= 15 is 0 Å². The van der Waals surface area contributed by atoms with Crippen molar-refractivity contribution in [2.24, 2.45) is 0 Å². The molecule has 0 heterocycles. The lowest BCUT2D eigenvalue weighted by atomic mass is 10.1. The molecule has 0 aromatic heterocycles. The Kier molecular flexibility index (Phi) is 6.15. The van der Waals surface area contributed by atoms with E-state index in [1.54, 1.807) is 29.6 Å². The van der Waals surface area contributed by atoms with Gasteiger partial charge in [-0.15, -0.1) is 11.8 Å². The zero-order valence-electron chi connectivity index (χ0n) is 12.2. The Morgan fingerprint density at radius 3 is 2.33 bits per heavy atom. The lowest BCUT2D eigenvalue weighted by Crippen LogP contribution is -1.94. The van der Waals surface area contributed by atoms with E-state index in [2.05, 4.69) is 38.1 Å². The van der Waals surface area contributed by atoms with Crippen LogP contribution in [0.25, 0.3) is 0 Å². The third-order valence-corrected chi connectivity index (χ3v) is 4.95. The third kappa shape index (κ3) is 5.10. The Labute approximate surface area is 134 Å². The molecule has 0 radical (unpaired) electrons. The van der Waals surface area contributed by atoms with Gasteiger partial charge < -0.3 is 0 Å². The van der Waals surface area contributed by atoms with Crippen molar-refractivity contribution in [3.8, 4) is 0 Å². The van der Waals surface area contributed by atoms with Crippen LogP contribution < -0.4 is 0 Å². The van der Waals surface area contributed by atoms with E-state index in [1.807, 2.05) is 30.3 Å². The smallest absolute Gasteiger partial charge is 0.187 e. The molecule has 21 heavy (non-hydrogen) atoms. The Morgan fingerprint density at radius 2 is 1.71 bits per heavy atom. The normalized spacial score (nSPS) is 11.4. The minimum absolute atomic E-state index is 0.0613. The minimum Gasteiger partial charge on any atom is -0.289 e. The summed E-state index contributed by atoms with van der Waals surface area (Å²) in [5.74, 6) is 1.01. The van der Waals surface area contributed by atoms with Gasteiger partial charge in [-0.05, 0) is 24.8 Å². The first-order chi connectivity index (χ1) is 10.2. The molecule has 1 nitrogen and oxygen atoms in total. The first kappa shape index (κ1) is 15.9. The number of rotatable bonds is 6. The van der Waals surface area contributed by atoms with Gasteiger partial charge in [-0.2, -0.15) is 0 Å². The zero-order chi connectivity index (χ0) is 15.1. The number of hydrogen-bond donors (Lipinski definition) is 0. The highest BCUT2D eigenvalue weighted by Crippen LogP contribution is 2.35. The van der Waals surface area contributed by atoms with E-state index < -0.39 is 0 Å². The number of thioether (sulfide) groups is 2. The second kappa shape index (κ2) is 8.11. The highest BCUT2D eigenvalue weighted by molar-refractivity contribution is 8.22. The van der Waals surface area contributed by atoms with Crippen LogP contribution in [-0.4, -0.2) is 11.5 Å². The fourth-order valence-corrected chi connectivity index (χ4v) is 3.78. The molecule has 0 N–H and O–H groups in total. The van der Waals surface area contributed by atoms with Crippen molar-refractivity contribution in [1.29, 1.82) is 0 Å². The maximum Gasteiger partial charge on any atom is 0.187 e. The summed E-state index contributed by atoms with van der Waals surface area (Å²) in [6.07, 6.45) is 1.74. The van der Waals surface area contributed by atoms with E-state index in [1.165, 1.54) is 5.56 Å². The minimum atomic E-state index is 0.0613. The fourth-order valence-electron chi connectivity index (χ4n) is 1.76. The number of carbonyl (C=O) groups excluding carboxylic acids is 1. The number of ketones is 1. The molecule has 2 aromatic rings. The first-order valence-corrected chi connectivity index (χ1v) is 8.67. The second-order valence-corrected chi connectivity index (χ2v) is 7.22. The van der Waals surface area contributed by atoms with E-state index in [0.717, 1.165) is 20.4 Å². The molecule has 0 spiro atoms. The molecule has 3 heteroatoms. The van der Waals surface area contributed by atoms with Gasteiger partial charge in [0.2, 0.25) is 0 Å². The summed E-state index contributed by atoms with van der Waals surface area (Å²) in [7, 11) is 0. The molecule has 2 aromatic carbocycles. The third-order valence-electron chi connectivity index (χ3n) is 2.83. The molecule has 0 aliphatic rings. The van der Waals surface area contributed by atoms with Crippen LogP contribution in [0.2, 0.25) is 0 Å². The number of carbonyl (C=O) groups is 1. The monoisotopic (exact) mass is 314 g/mol. The highest BCUT2D eigenvalue weighted by atomic mass is 32.2. The van der Waals surface area contributed by atoms with E-state index in [-0.39, 0.29) is 5.78 Å². The van der Waals surface area contributed by atoms with Gasteiger partial charge in [0.15, 0.2) is 5.78 Å². The summed E-state index contributed by atoms with van der Waals surface area (Å²) in [4.78, 5) is 13.4. The second-order valence-electron chi connectivity index (χ2n) is 4.54. The summed E-state index contributed by atoms with van der Waals surface area (Å²) < 4.78 is 1.04. The molecular formula is C18H18OS2. The van der Waals surface area contributed by atoms with Gasteiger partial charge in [-0.3, -0.25) is 4.79 Å². The Balaban J connectivity index is 2.16. The van der Waals surface area contributed by atoms with Crippen LogP contribution >= 0.6 is 23.5 Å². The van der Waals surface area contributed by atoms with Gasteiger partial charge in [0.1, 0.15) is 0 Å². The molecule has 0 saturated heterocycles. The van der Waals surface area contributed by atoms with Gasteiger partial charge in [0.25, 0.3) is 0 Å². The topological polar surface area (TPSA) is 17.1 Å². The van der Waals surface area contributed by atoms with E-state index in [0.29, 0.717) is 0 Å². The Bertz CT molecular complexity index is 615. The van der Waals surface area contributed by atoms with Crippen molar-refractivity contribution in [3.05, 3.63) is 76.0 Å². The largest absolute Gasteiger partial charge is 0.289 e. The number of aryl methyl sites for hydroxylation is 1. The first-order valence-electron chi connectivity index (χ1n) is 6.87. The van der Waals surface area contributed by atoms with Crippen LogP contribution in [0.5, 0.6) is 0 Å². The molecule has 0 aliphatic carbocycles. The van der Waals surface area contributed by atoms with Crippen molar-refractivity contribution < 1.29 is 4.79 Å². The Morgan fingerprint density at radius 1 is 1.05 bits per heavy atom. The van der Waals surface area contributed by atoms with E-state index in [4.69, 9.17) is 0 Å². The maximum atomic E-state index is 12.3. The van der Waals surface area contributed by atoms with Crippen LogP contribution in [0.15, 0.2) is 69.8 Å². The molecular weight excluding hydrogens is 296 g/mol. The summed E-state index contributed by atoms with van der Waals surface area (Å²) in [6, 6.07) is 17.8. The van der Waals surface area contributed by atoms with Crippen molar-refractivity contribution in [3.63, 3.8) is 0 Å². The van der Waals surface area contributed by atoms with Crippen molar-refractivity contribution >= 4 is 29.3 Å². The molecule has 0 amide bonds. The van der Waals surface area contributed by atoms with Crippen LogP contribution in [-0.2, 0) is 0 Å². The number of allylic oxidation sites excluding steroid dienone is 1. The predicted octanol–water partition coefficient (Wildman–Crippen LogP) is 5.56. The number of hydrogen-bond acceptors (Lipinski definition) is 3. The molecule has 0 atom stereocenters. The van der Waals surface area contributed by atoms with E-state index in [9.17, 15) is 4.79 Å². The van der Waals surface area contributed by atoms with Gasteiger partial charge in [0.05, 0.1) is 0 Å². The van der Waals surface area contributed by atoms with Gasteiger partial charge >= 0.3 is 0 Å². The summed E-state index contributed by atoms with van der Waals surface area (Å²) in [5, 5.41) is 0. The van der Waals surface area contributed by atoms with Crippen molar-refractivity contribution in [2.45, 2.75) is 18.7 Å². The Hall–Kier alpha value is -1.45. The average Bonchev–Trinajstić information content (AvgIpc) is 2.50. The molecule has 0 aliphatic heterocycles. The van der Waals surface area contributed by atoms with Crippen molar-refractivity contribution in [1.82, 2.24) is 0 Å². The molecule has 0 bridgehead atoms. The molecule has 2 rings (SSSR count). The lowest BCUT2D eigenvalue weighted by Gasteiger charge is -2.06. The molecule has 108 valence electrons. The van der Waals surface area contributed by atoms with Crippen LogP contribution in [0, 0.1) is 6.92 Å². The lowest BCUT2D eigenvalue weighted by molar-refractivity contribution is 0.104.